The first-order chi connectivity index (χ1) is 12.4. The number of benzene rings is 3. The molecule has 0 unspecified atom stereocenters. The van der Waals surface area contributed by atoms with Gasteiger partial charge in [0.2, 0.25) is 0 Å². The van der Waals surface area contributed by atoms with Crippen LogP contribution in [0.25, 0.3) is 22.8 Å². The smallest absolute Gasteiger partial charge is 0.00135 e. The lowest BCUT2D eigenvalue weighted by molar-refractivity contribution is 0.796. The summed E-state index contributed by atoms with van der Waals surface area (Å²) < 4.78 is 0. The van der Waals surface area contributed by atoms with Gasteiger partial charge in [0.15, 0.2) is 0 Å². The van der Waals surface area contributed by atoms with E-state index in [2.05, 4.69) is 85.8 Å². The summed E-state index contributed by atoms with van der Waals surface area (Å²) in [5.74, 6) is 0. The molecule has 0 heterocycles. The van der Waals surface area contributed by atoms with E-state index in [9.17, 15) is 0 Å². The Kier molecular flexibility index (Phi) is 4.52. The Morgan fingerprint density at radius 2 is 1.52 bits per heavy atom. The average Bonchev–Trinajstić information content (AvgIpc) is 3.12. The molecule has 0 fully saturated rings. The first-order valence-electron chi connectivity index (χ1n) is 9.33. The molecule has 0 aliphatic heterocycles. The Morgan fingerprint density at radius 1 is 0.760 bits per heavy atom. The summed E-state index contributed by atoms with van der Waals surface area (Å²) in [5.41, 5.74) is 9.87. The van der Waals surface area contributed by atoms with Gasteiger partial charge in [-0.2, -0.15) is 0 Å². The van der Waals surface area contributed by atoms with Gasteiger partial charge in [-0.05, 0) is 64.3 Å². The van der Waals surface area contributed by atoms with Gasteiger partial charge in [-0.15, -0.1) is 0 Å². The fourth-order valence-corrected chi connectivity index (χ4v) is 3.81. The van der Waals surface area contributed by atoms with E-state index in [1.54, 1.807) is 0 Å². The molecule has 3 aromatic carbocycles. The number of hydrogen-bond acceptors (Lipinski definition) is 0. The summed E-state index contributed by atoms with van der Waals surface area (Å²) in [5, 5.41) is 0. The molecule has 0 nitrogen and oxygen atoms in total. The van der Waals surface area contributed by atoms with Crippen LogP contribution in [0.3, 0.4) is 0 Å². The fourth-order valence-electron chi connectivity index (χ4n) is 3.81. The Hall–Kier alpha value is -2.60. The molecule has 3 aromatic rings. The second-order valence-corrected chi connectivity index (χ2v) is 6.85. The van der Waals surface area contributed by atoms with Gasteiger partial charge < -0.3 is 0 Å². The van der Waals surface area contributed by atoms with Crippen molar-refractivity contribution in [2.75, 3.05) is 0 Å². The first-order valence-corrected chi connectivity index (χ1v) is 9.33. The van der Waals surface area contributed by atoms with Crippen molar-refractivity contribution in [1.82, 2.24) is 0 Å². The normalized spacial score (nSPS) is 12.8. The third kappa shape index (κ3) is 3.17. The number of hydrogen-bond donors (Lipinski definition) is 0. The SMILES string of the molecule is CCCCc1ccccc1-c1cccc2c1C=C(c1ccccc1)C2. The van der Waals surface area contributed by atoms with Crippen LogP contribution in [0.15, 0.2) is 72.8 Å². The van der Waals surface area contributed by atoms with E-state index in [-0.39, 0.29) is 0 Å². The van der Waals surface area contributed by atoms with E-state index in [0.717, 1.165) is 12.8 Å². The highest BCUT2D eigenvalue weighted by Crippen LogP contribution is 2.38. The second kappa shape index (κ2) is 7.11. The highest BCUT2D eigenvalue weighted by molar-refractivity contribution is 5.94. The second-order valence-electron chi connectivity index (χ2n) is 6.85. The molecule has 0 bridgehead atoms. The van der Waals surface area contributed by atoms with Crippen molar-refractivity contribution < 1.29 is 0 Å². The number of allylic oxidation sites excluding steroid dienone is 1. The average molecular weight is 324 g/mol. The maximum Gasteiger partial charge on any atom is -0.00135 e. The largest absolute Gasteiger partial charge is 0.0654 e. The molecule has 0 N–H and O–H groups in total. The van der Waals surface area contributed by atoms with Crippen molar-refractivity contribution >= 4 is 11.6 Å². The number of fused-ring (bicyclic) bond motifs is 1. The van der Waals surface area contributed by atoms with Crippen LogP contribution in [0.2, 0.25) is 0 Å². The van der Waals surface area contributed by atoms with Crippen molar-refractivity contribution in [2.24, 2.45) is 0 Å². The molecule has 1 aliphatic rings. The van der Waals surface area contributed by atoms with Crippen LogP contribution in [0.1, 0.15) is 42.0 Å². The molecular weight excluding hydrogens is 300 g/mol. The van der Waals surface area contributed by atoms with Gasteiger partial charge >= 0.3 is 0 Å². The zero-order valence-electron chi connectivity index (χ0n) is 14.8. The van der Waals surface area contributed by atoms with Crippen LogP contribution in [-0.4, -0.2) is 0 Å². The minimum Gasteiger partial charge on any atom is -0.0654 e. The van der Waals surface area contributed by atoms with Gasteiger partial charge in [-0.3, -0.25) is 0 Å². The van der Waals surface area contributed by atoms with Gasteiger partial charge in [0.05, 0.1) is 0 Å². The fraction of sp³-hybridized carbons (Fsp3) is 0.200. The van der Waals surface area contributed by atoms with E-state index in [4.69, 9.17) is 0 Å². The minimum atomic E-state index is 1.03. The van der Waals surface area contributed by atoms with Gasteiger partial charge in [-0.25, -0.2) is 0 Å². The third-order valence-electron chi connectivity index (χ3n) is 5.15. The van der Waals surface area contributed by atoms with E-state index in [1.807, 2.05) is 0 Å². The monoisotopic (exact) mass is 324 g/mol. The van der Waals surface area contributed by atoms with Crippen LogP contribution in [0, 0.1) is 0 Å². The maximum absolute atomic E-state index is 2.40. The summed E-state index contributed by atoms with van der Waals surface area (Å²) in [6, 6.07) is 26.5. The maximum atomic E-state index is 2.40. The van der Waals surface area contributed by atoms with E-state index in [0.29, 0.717) is 0 Å². The number of aryl methyl sites for hydroxylation is 1. The molecule has 25 heavy (non-hydrogen) atoms. The van der Waals surface area contributed by atoms with Crippen molar-refractivity contribution in [2.45, 2.75) is 32.6 Å². The molecule has 1 aliphatic carbocycles. The van der Waals surface area contributed by atoms with Crippen LogP contribution in [0.4, 0.5) is 0 Å². The number of rotatable bonds is 5. The third-order valence-corrected chi connectivity index (χ3v) is 5.15. The highest BCUT2D eigenvalue weighted by Gasteiger charge is 2.18. The number of unbranched alkanes of at least 4 members (excludes halogenated alkanes) is 1. The molecule has 0 saturated heterocycles. The Bertz CT molecular complexity index is 900. The van der Waals surface area contributed by atoms with Crippen molar-refractivity contribution in [1.29, 1.82) is 0 Å². The zero-order chi connectivity index (χ0) is 17.1. The molecule has 0 radical (unpaired) electrons. The van der Waals surface area contributed by atoms with E-state index >= 15 is 0 Å². The van der Waals surface area contributed by atoms with E-state index < -0.39 is 0 Å². The molecule has 0 saturated carbocycles. The van der Waals surface area contributed by atoms with Crippen molar-refractivity contribution in [3.8, 4) is 11.1 Å². The van der Waals surface area contributed by atoms with E-state index in [1.165, 1.54) is 51.8 Å². The van der Waals surface area contributed by atoms with Gasteiger partial charge in [0, 0.05) is 0 Å². The van der Waals surface area contributed by atoms with Crippen LogP contribution >= 0.6 is 0 Å². The molecule has 0 amide bonds. The summed E-state index contributed by atoms with van der Waals surface area (Å²) in [6.07, 6.45) is 7.07. The van der Waals surface area contributed by atoms with Crippen LogP contribution < -0.4 is 0 Å². The Morgan fingerprint density at radius 3 is 2.36 bits per heavy atom. The summed E-state index contributed by atoms with van der Waals surface area (Å²) >= 11 is 0. The quantitative estimate of drug-likeness (QED) is 0.484. The Balaban J connectivity index is 1.78. The first kappa shape index (κ1) is 15.9. The molecule has 0 spiro atoms. The lowest BCUT2D eigenvalue weighted by Gasteiger charge is -2.13. The standard InChI is InChI=1S/C25H24/c1-2-3-10-20-13-7-8-15-23(20)24-16-9-14-21-17-22(18-25(21)24)19-11-5-4-6-12-19/h4-9,11-16,18H,2-3,10,17H2,1H3. The summed E-state index contributed by atoms with van der Waals surface area (Å²) in [6.45, 7) is 2.26. The predicted octanol–water partition coefficient (Wildman–Crippen LogP) is 6.79. The Labute approximate surface area is 150 Å². The highest BCUT2D eigenvalue weighted by atomic mass is 14.2. The topological polar surface area (TPSA) is 0 Å². The lowest BCUT2D eigenvalue weighted by Crippen LogP contribution is -1.93. The van der Waals surface area contributed by atoms with Crippen LogP contribution in [-0.2, 0) is 12.8 Å². The molecule has 0 aromatic heterocycles. The summed E-state index contributed by atoms with van der Waals surface area (Å²) in [4.78, 5) is 0. The molecule has 4 rings (SSSR count). The molecule has 0 heteroatoms. The van der Waals surface area contributed by atoms with Gasteiger partial charge in [0.25, 0.3) is 0 Å². The molecule has 0 atom stereocenters. The molecular formula is C25H24. The minimum absolute atomic E-state index is 1.03. The summed E-state index contributed by atoms with van der Waals surface area (Å²) in [7, 11) is 0. The zero-order valence-corrected chi connectivity index (χ0v) is 14.8. The van der Waals surface area contributed by atoms with Crippen molar-refractivity contribution in [3.63, 3.8) is 0 Å². The lowest BCUT2D eigenvalue weighted by atomic mass is 9.92. The van der Waals surface area contributed by atoms with Crippen LogP contribution in [0.5, 0.6) is 0 Å². The van der Waals surface area contributed by atoms with Gasteiger partial charge in [0.1, 0.15) is 0 Å². The van der Waals surface area contributed by atoms with Gasteiger partial charge in [-0.1, -0.05) is 86.1 Å². The van der Waals surface area contributed by atoms with Crippen molar-refractivity contribution in [3.05, 3.63) is 95.1 Å². The molecule has 124 valence electrons. The predicted molar refractivity (Wildman–Crippen MR) is 109 cm³/mol.